The third-order valence-electron chi connectivity index (χ3n) is 16.5. The Bertz CT molecular complexity index is 1210. The number of unbranched alkanes of at least 4 members (excludes halogenated alkanes) is 54. The zero-order chi connectivity index (χ0) is 56.4. The van der Waals surface area contributed by atoms with Crippen LogP contribution in [0.5, 0.6) is 0 Å². The Morgan fingerprint density at radius 1 is 0.244 bits per heavy atom. The summed E-state index contributed by atoms with van der Waals surface area (Å²) in [5.74, 6) is -0.844. The summed E-state index contributed by atoms with van der Waals surface area (Å²) >= 11 is 0. The van der Waals surface area contributed by atoms with Crippen LogP contribution in [0.2, 0.25) is 0 Å². The van der Waals surface area contributed by atoms with Crippen LogP contribution in [-0.4, -0.2) is 37.2 Å². The van der Waals surface area contributed by atoms with Gasteiger partial charge in [-0.25, -0.2) is 0 Å². The molecule has 462 valence electrons. The fourth-order valence-corrected chi connectivity index (χ4v) is 11.2. The minimum Gasteiger partial charge on any atom is -0.462 e. The first-order valence-electron chi connectivity index (χ1n) is 35.7. The number of allylic oxidation sites excluding steroid dienone is 2. The summed E-state index contributed by atoms with van der Waals surface area (Å²) in [6, 6.07) is 0. The lowest BCUT2D eigenvalue weighted by molar-refractivity contribution is -0.167. The number of ether oxygens (including phenoxy) is 3. The van der Waals surface area contributed by atoms with Gasteiger partial charge in [0, 0.05) is 19.3 Å². The van der Waals surface area contributed by atoms with Crippen LogP contribution < -0.4 is 0 Å². The summed E-state index contributed by atoms with van der Waals surface area (Å²) in [5, 5.41) is 0. The van der Waals surface area contributed by atoms with Crippen molar-refractivity contribution in [1.82, 2.24) is 0 Å². The Morgan fingerprint density at radius 3 is 0.692 bits per heavy atom. The summed E-state index contributed by atoms with van der Waals surface area (Å²) in [7, 11) is 0. The lowest BCUT2D eigenvalue weighted by Crippen LogP contribution is -2.30. The van der Waals surface area contributed by atoms with Gasteiger partial charge in [-0.1, -0.05) is 367 Å². The van der Waals surface area contributed by atoms with Gasteiger partial charge in [0.25, 0.3) is 0 Å². The van der Waals surface area contributed by atoms with E-state index in [0.717, 1.165) is 70.6 Å². The van der Waals surface area contributed by atoms with E-state index in [1.54, 1.807) is 0 Å². The van der Waals surface area contributed by atoms with Crippen molar-refractivity contribution in [2.75, 3.05) is 13.2 Å². The molecule has 6 heteroatoms. The summed E-state index contributed by atoms with van der Waals surface area (Å²) in [6.45, 7) is 6.66. The quantitative estimate of drug-likeness (QED) is 0.0261. The normalized spacial score (nSPS) is 12.0. The Balaban J connectivity index is 4.08. The maximum absolute atomic E-state index is 12.9. The molecule has 0 aliphatic carbocycles. The predicted molar refractivity (Wildman–Crippen MR) is 340 cm³/mol. The smallest absolute Gasteiger partial charge is 0.306 e. The Hall–Kier alpha value is -1.85. The molecule has 0 amide bonds. The number of rotatable bonds is 67. The van der Waals surface area contributed by atoms with Crippen LogP contribution in [0.15, 0.2) is 12.2 Å². The molecule has 0 radical (unpaired) electrons. The van der Waals surface area contributed by atoms with Gasteiger partial charge < -0.3 is 14.2 Å². The fraction of sp³-hybridized carbons (Fsp3) is 0.931. The summed E-state index contributed by atoms with van der Waals surface area (Å²) in [4.78, 5) is 38.3. The molecule has 0 rings (SSSR count). The van der Waals surface area contributed by atoms with E-state index >= 15 is 0 Å². The Labute approximate surface area is 488 Å². The Kier molecular flexibility index (Phi) is 66.0. The van der Waals surface area contributed by atoms with Gasteiger partial charge in [-0.3, -0.25) is 14.4 Å². The molecule has 0 saturated heterocycles. The van der Waals surface area contributed by atoms with Crippen molar-refractivity contribution in [2.24, 2.45) is 0 Å². The van der Waals surface area contributed by atoms with Gasteiger partial charge in [0.15, 0.2) is 6.10 Å². The van der Waals surface area contributed by atoms with Gasteiger partial charge in [-0.05, 0) is 38.5 Å². The van der Waals surface area contributed by atoms with Crippen molar-refractivity contribution in [2.45, 2.75) is 419 Å². The molecule has 1 atom stereocenters. The van der Waals surface area contributed by atoms with E-state index in [2.05, 4.69) is 32.9 Å². The highest BCUT2D eigenvalue weighted by atomic mass is 16.6. The van der Waals surface area contributed by atoms with Gasteiger partial charge in [0.1, 0.15) is 13.2 Å². The zero-order valence-corrected chi connectivity index (χ0v) is 53.2. The van der Waals surface area contributed by atoms with Crippen LogP contribution in [0.3, 0.4) is 0 Å². The van der Waals surface area contributed by atoms with Crippen LogP contribution >= 0.6 is 0 Å². The van der Waals surface area contributed by atoms with E-state index in [1.807, 2.05) is 0 Å². The third-order valence-corrected chi connectivity index (χ3v) is 16.5. The van der Waals surface area contributed by atoms with E-state index < -0.39 is 6.10 Å². The van der Waals surface area contributed by atoms with Gasteiger partial charge >= 0.3 is 17.9 Å². The van der Waals surface area contributed by atoms with E-state index in [1.165, 1.54) is 302 Å². The number of hydrogen-bond acceptors (Lipinski definition) is 6. The first-order valence-corrected chi connectivity index (χ1v) is 35.7. The average Bonchev–Trinajstić information content (AvgIpc) is 3.44. The van der Waals surface area contributed by atoms with E-state index in [4.69, 9.17) is 14.2 Å². The van der Waals surface area contributed by atoms with Gasteiger partial charge in [-0.15, -0.1) is 0 Å². The Morgan fingerprint density at radius 2 is 0.449 bits per heavy atom. The maximum Gasteiger partial charge on any atom is 0.306 e. The lowest BCUT2D eigenvalue weighted by atomic mass is 10.0. The van der Waals surface area contributed by atoms with Crippen LogP contribution in [0.25, 0.3) is 0 Å². The molecule has 0 aliphatic rings. The van der Waals surface area contributed by atoms with Crippen molar-refractivity contribution >= 4 is 17.9 Å². The van der Waals surface area contributed by atoms with E-state index in [-0.39, 0.29) is 31.1 Å². The second-order valence-electron chi connectivity index (χ2n) is 24.5. The van der Waals surface area contributed by atoms with Crippen LogP contribution in [0, 0.1) is 0 Å². The molecule has 0 aromatic carbocycles. The summed E-state index contributed by atoms with van der Waals surface area (Å²) in [6.07, 6.45) is 81.3. The standard InChI is InChI=1S/C72H138O6/c1-4-7-10-13-16-19-22-24-26-28-30-32-33-34-35-36-37-38-39-41-42-44-46-48-50-53-56-59-62-65-71(74)77-68-69(67-76-70(73)64-61-58-55-52-21-18-15-12-9-6-3)78-72(75)66-63-60-57-54-51-49-47-45-43-40-31-29-27-25-23-20-17-14-11-8-5-2/h12,15,69H,4-11,13-14,16-68H2,1-3H3/b15-12-. The van der Waals surface area contributed by atoms with E-state index in [9.17, 15) is 14.4 Å². The molecule has 0 fully saturated rings. The third kappa shape index (κ3) is 65.0. The average molecular weight is 1100 g/mol. The minimum absolute atomic E-state index is 0.0660. The molecule has 0 saturated carbocycles. The van der Waals surface area contributed by atoms with Gasteiger partial charge in [0.2, 0.25) is 0 Å². The van der Waals surface area contributed by atoms with Crippen LogP contribution in [0.1, 0.15) is 412 Å². The monoisotopic (exact) mass is 1100 g/mol. The fourth-order valence-electron chi connectivity index (χ4n) is 11.2. The number of esters is 3. The zero-order valence-electron chi connectivity index (χ0n) is 53.2. The van der Waals surface area contributed by atoms with Crippen molar-refractivity contribution in [3.8, 4) is 0 Å². The highest BCUT2D eigenvalue weighted by Gasteiger charge is 2.19. The SMILES string of the molecule is CCC/C=C\CCCCCCCC(=O)OCC(COC(=O)CCCCCCCCCCCCCCCCCCCCCCCCCCCCCCC)OC(=O)CCCCCCCCCCCCCCCCCCCCCCC. The molecular formula is C72H138O6. The number of carbonyl (C=O) groups is 3. The van der Waals surface area contributed by atoms with Crippen molar-refractivity contribution in [1.29, 1.82) is 0 Å². The maximum atomic E-state index is 12.9. The van der Waals surface area contributed by atoms with Gasteiger partial charge in [0.05, 0.1) is 0 Å². The van der Waals surface area contributed by atoms with Crippen LogP contribution in [-0.2, 0) is 28.6 Å². The predicted octanol–water partition coefficient (Wildman–Crippen LogP) is 24.4. The van der Waals surface area contributed by atoms with E-state index in [0.29, 0.717) is 19.3 Å². The largest absolute Gasteiger partial charge is 0.462 e. The molecule has 0 aromatic heterocycles. The molecular weight excluding hydrogens is 961 g/mol. The molecule has 0 bridgehead atoms. The lowest BCUT2D eigenvalue weighted by Gasteiger charge is -2.18. The highest BCUT2D eigenvalue weighted by molar-refractivity contribution is 5.71. The topological polar surface area (TPSA) is 78.9 Å². The first-order chi connectivity index (χ1) is 38.5. The molecule has 0 aliphatic heterocycles. The molecule has 0 heterocycles. The van der Waals surface area contributed by atoms with Crippen molar-refractivity contribution < 1.29 is 28.6 Å². The minimum atomic E-state index is -0.769. The first kappa shape index (κ1) is 76.1. The molecule has 0 aromatic rings. The van der Waals surface area contributed by atoms with Gasteiger partial charge in [-0.2, -0.15) is 0 Å². The molecule has 0 spiro atoms. The molecule has 0 N–H and O–H groups in total. The number of carbonyl (C=O) groups excluding carboxylic acids is 3. The number of hydrogen-bond donors (Lipinski definition) is 0. The second kappa shape index (κ2) is 67.7. The summed E-state index contributed by atoms with van der Waals surface area (Å²) in [5.41, 5.74) is 0. The summed E-state index contributed by atoms with van der Waals surface area (Å²) < 4.78 is 16.9. The van der Waals surface area contributed by atoms with Crippen LogP contribution in [0.4, 0.5) is 0 Å². The van der Waals surface area contributed by atoms with Crippen molar-refractivity contribution in [3.63, 3.8) is 0 Å². The molecule has 6 nitrogen and oxygen atoms in total. The van der Waals surface area contributed by atoms with Crippen molar-refractivity contribution in [3.05, 3.63) is 12.2 Å². The second-order valence-corrected chi connectivity index (χ2v) is 24.5. The molecule has 1 unspecified atom stereocenters. The highest BCUT2D eigenvalue weighted by Crippen LogP contribution is 2.19. The molecule has 78 heavy (non-hydrogen) atoms.